The molecule has 0 spiro atoms. The fourth-order valence-corrected chi connectivity index (χ4v) is 1.61. The van der Waals surface area contributed by atoms with E-state index >= 15 is 0 Å². The summed E-state index contributed by atoms with van der Waals surface area (Å²) in [5.74, 6) is 0. The minimum atomic E-state index is -0.220. The third-order valence-electron chi connectivity index (χ3n) is 2.59. The number of aliphatic hydroxyl groups excluding tert-OH is 1. The summed E-state index contributed by atoms with van der Waals surface area (Å²) in [5, 5.41) is 12.6. The fourth-order valence-electron chi connectivity index (χ4n) is 1.61. The van der Waals surface area contributed by atoms with Gasteiger partial charge in [-0.25, -0.2) is 0 Å². The van der Waals surface area contributed by atoms with Crippen LogP contribution in [0.15, 0.2) is 18.5 Å². The second kappa shape index (κ2) is 5.93. The molecular weight excluding hydrogens is 188 g/mol. The number of hydrogen-bond acceptors (Lipinski definition) is 2. The largest absolute Gasteiger partial charge is 0.393 e. The first-order valence-corrected chi connectivity index (χ1v) is 5.70. The van der Waals surface area contributed by atoms with E-state index in [0.29, 0.717) is 6.04 Å². The Morgan fingerprint density at radius 3 is 2.80 bits per heavy atom. The SMILES string of the molecule is CCNC(C)c1ccn(CCC(C)O)c1. The maximum atomic E-state index is 9.19. The van der Waals surface area contributed by atoms with Gasteiger partial charge in [-0.15, -0.1) is 0 Å². The lowest BCUT2D eigenvalue weighted by atomic mass is 10.2. The molecule has 15 heavy (non-hydrogen) atoms. The summed E-state index contributed by atoms with van der Waals surface area (Å²) >= 11 is 0. The molecule has 86 valence electrons. The lowest BCUT2D eigenvalue weighted by Gasteiger charge is -2.10. The molecule has 0 radical (unpaired) electrons. The highest BCUT2D eigenvalue weighted by Crippen LogP contribution is 2.12. The zero-order valence-corrected chi connectivity index (χ0v) is 9.90. The zero-order chi connectivity index (χ0) is 11.3. The van der Waals surface area contributed by atoms with E-state index in [4.69, 9.17) is 0 Å². The number of aromatic nitrogens is 1. The molecule has 2 unspecified atom stereocenters. The van der Waals surface area contributed by atoms with Crippen LogP contribution in [0.25, 0.3) is 0 Å². The molecule has 0 aliphatic rings. The van der Waals surface area contributed by atoms with E-state index in [1.807, 2.05) is 6.92 Å². The topological polar surface area (TPSA) is 37.2 Å². The average Bonchev–Trinajstić information content (AvgIpc) is 2.63. The van der Waals surface area contributed by atoms with Crippen LogP contribution in [0.2, 0.25) is 0 Å². The van der Waals surface area contributed by atoms with Gasteiger partial charge >= 0.3 is 0 Å². The molecule has 0 bridgehead atoms. The summed E-state index contributed by atoms with van der Waals surface area (Å²) in [6.07, 6.45) is 4.81. The summed E-state index contributed by atoms with van der Waals surface area (Å²) in [6, 6.07) is 2.54. The summed E-state index contributed by atoms with van der Waals surface area (Å²) < 4.78 is 2.13. The smallest absolute Gasteiger partial charge is 0.0529 e. The van der Waals surface area contributed by atoms with Crippen molar-refractivity contribution in [2.24, 2.45) is 0 Å². The Morgan fingerprint density at radius 2 is 2.20 bits per heavy atom. The molecule has 1 heterocycles. The van der Waals surface area contributed by atoms with Crippen LogP contribution in [0.4, 0.5) is 0 Å². The molecule has 0 amide bonds. The van der Waals surface area contributed by atoms with E-state index in [0.717, 1.165) is 19.5 Å². The van der Waals surface area contributed by atoms with Gasteiger partial charge in [0.05, 0.1) is 6.10 Å². The van der Waals surface area contributed by atoms with Crippen LogP contribution in [0.1, 0.15) is 38.8 Å². The van der Waals surface area contributed by atoms with Crippen molar-refractivity contribution in [2.45, 2.75) is 45.9 Å². The van der Waals surface area contributed by atoms with Gasteiger partial charge in [-0.05, 0) is 38.4 Å². The Morgan fingerprint density at radius 1 is 1.47 bits per heavy atom. The molecule has 0 saturated heterocycles. The molecule has 0 fully saturated rings. The second-order valence-electron chi connectivity index (χ2n) is 4.10. The van der Waals surface area contributed by atoms with Crippen LogP contribution >= 0.6 is 0 Å². The van der Waals surface area contributed by atoms with Gasteiger partial charge in [-0.1, -0.05) is 6.92 Å². The maximum Gasteiger partial charge on any atom is 0.0529 e. The molecule has 0 aromatic carbocycles. The monoisotopic (exact) mass is 210 g/mol. The van der Waals surface area contributed by atoms with Crippen molar-refractivity contribution in [1.82, 2.24) is 9.88 Å². The summed E-state index contributed by atoms with van der Waals surface area (Å²) in [6.45, 7) is 7.97. The highest BCUT2D eigenvalue weighted by Gasteiger charge is 2.05. The minimum absolute atomic E-state index is 0.220. The highest BCUT2D eigenvalue weighted by atomic mass is 16.3. The van der Waals surface area contributed by atoms with Gasteiger partial charge in [0.15, 0.2) is 0 Å². The number of nitrogens with zero attached hydrogens (tertiary/aromatic N) is 1. The number of hydrogen-bond donors (Lipinski definition) is 2. The van der Waals surface area contributed by atoms with Crippen LogP contribution in [-0.4, -0.2) is 22.3 Å². The Hall–Kier alpha value is -0.800. The van der Waals surface area contributed by atoms with E-state index in [1.54, 1.807) is 0 Å². The lowest BCUT2D eigenvalue weighted by molar-refractivity contribution is 0.178. The van der Waals surface area contributed by atoms with Crippen molar-refractivity contribution >= 4 is 0 Å². The van der Waals surface area contributed by atoms with Crippen molar-refractivity contribution in [3.8, 4) is 0 Å². The number of nitrogens with one attached hydrogen (secondary N) is 1. The van der Waals surface area contributed by atoms with Crippen LogP contribution in [0, 0.1) is 0 Å². The fraction of sp³-hybridized carbons (Fsp3) is 0.667. The van der Waals surface area contributed by atoms with Crippen molar-refractivity contribution < 1.29 is 5.11 Å². The molecule has 0 saturated carbocycles. The van der Waals surface area contributed by atoms with Gasteiger partial charge < -0.3 is 15.0 Å². The Bertz CT molecular complexity index is 281. The maximum absolute atomic E-state index is 9.19. The predicted molar refractivity (Wildman–Crippen MR) is 62.8 cm³/mol. The van der Waals surface area contributed by atoms with E-state index in [9.17, 15) is 5.11 Å². The summed E-state index contributed by atoms with van der Waals surface area (Å²) in [4.78, 5) is 0. The molecule has 1 aromatic heterocycles. The van der Waals surface area contributed by atoms with Crippen LogP contribution in [0.3, 0.4) is 0 Å². The molecular formula is C12H22N2O. The van der Waals surface area contributed by atoms with Gasteiger partial charge in [0.25, 0.3) is 0 Å². The molecule has 1 aromatic rings. The average molecular weight is 210 g/mol. The normalized spacial score (nSPS) is 15.2. The minimum Gasteiger partial charge on any atom is -0.393 e. The first-order chi connectivity index (χ1) is 7.13. The molecule has 2 atom stereocenters. The highest BCUT2D eigenvalue weighted by molar-refractivity contribution is 5.14. The Kier molecular flexibility index (Phi) is 4.85. The van der Waals surface area contributed by atoms with Gasteiger partial charge in [0, 0.05) is 25.0 Å². The molecule has 2 N–H and O–H groups in total. The van der Waals surface area contributed by atoms with E-state index in [1.165, 1.54) is 5.56 Å². The predicted octanol–water partition coefficient (Wildman–Crippen LogP) is 1.93. The lowest BCUT2D eigenvalue weighted by Crippen LogP contribution is -2.17. The molecule has 1 rings (SSSR count). The van der Waals surface area contributed by atoms with Crippen LogP contribution in [-0.2, 0) is 6.54 Å². The van der Waals surface area contributed by atoms with Crippen molar-refractivity contribution in [1.29, 1.82) is 0 Å². The van der Waals surface area contributed by atoms with Crippen LogP contribution in [0.5, 0.6) is 0 Å². The van der Waals surface area contributed by atoms with Gasteiger partial charge in [-0.2, -0.15) is 0 Å². The van der Waals surface area contributed by atoms with Crippen molar-refractivity contribution in [3.05, 3.63) is 24.0 Å². The summed E-state index contributed by atoms with van der Waals surface area (Å²) in [7, 11) is 0. The second-order valence-corrected chi connectivity index (χ2v) is 4.10. The van der Waals surface area contributed by atoms with E-state index < -0.39 is 0 Å². The first kappa shape index (κ1) is 12.3. The summed E-state index contributed by atoms with van der Waals surface area (Å²) in [5.41, 5.74) is 1.31. The first-order valence-electron chi connectivity index (χ1n) is 5.70. The van der Waals surface area contributed by atoms with Gasteiger partial charge in [-0.3, -0.25) is 0 Å². The standard InChI is InChI=1S/C12H22N2O/c1-4-13-11(3)12-6-8-14(9-12)7-5-10(2)15/h6,8-11,13,15H,4-5,7H2,1-3H3. The van der Waals surface area contributed by atoms with Gasteiger partial charge in [0.2, 0.25) is 0 Å². The quantitative estimate of drug-likeness (QED) is 0.753. The third kappa shape index (κ3) is 4.06. The number of rotatable bonds is 6. The van der Waals surface area contributed by atoms with Crippen molar-refractivity contribution in [2.75, 3.05) is 6.54 Å². The van der Waals surface area contributed by atoms with E-state index in [2.05, 4.69) is 42.2 Å². The van der Waals surface area contributed by atoms with Crippen molar-refractivity contribution in [3.63, 3.8) is 0 Å². The third-order valence-corrected chi connectivity index (χ3v) is 2.59. The van der Waals surface area contributed by atoms with E-state index in [-0.39, 0.29) is 6.10 Å². The molecule has 0 aliphatic heterocycles. The number of aryl methyl sites for hydroxylation is 1. The number of aliphatic hydroxyl groups is 1. The Balaban J connectivity index is 2.48. The molecule has 3 heteroatoms. The van der Waals surface area contributed by atoms with Crippen LogP contribution < -0.4 is 5.32 Å². The molecule has 0 aliphatic carbocycles. The Labute approximate surface area is 92.1 Å². The zero-order valence-electron chi connectivity index (χ0n) is 9.90. The van der Waals surface area contributed by atoms with Gasteiger partial charge in [0.1, 0.15) is 0 Å². The molecule has 3 nitrogen and oxygen atoms in total.